The van der Waals surface area contributed by atoms with Gasteiger partial charge < -0.3 is 5.73 Å². The number of anilines is 1. The van der Waals surface area contributed by atoms with Crippen molar-refractivity contribution in [1.82, 2.24) is 9.97 Å². The molecule has 0 aliphatic heterocycles. The van der Waals surface area contributed by atoms with Gasteiger partial charge in [0.2, 0.25) is 0 Å². The van der Waals surface area contributed by atoms with Crippen LogP contribution in [0.15, 0.2) is 0 Å². The molecule has 3 nitrogen and oxygen atoms in total. The second-order valence-corrected chi connectivity index (χ2v) is 5.80. The average Bonchev–Trinajstić information content (AvgIpc) is 2.98. The molecule has 3 rings (SSSR count). The minimum Gasteiger partial charge on any atom is -0.383 e. The van der Waals surface area contributed by atoms with Crippen molar-refractivity contribution in [2.24, 2.45) is 0 Å². The van der Waals surface area contributed by atoms with Gasteiger partial charge >= 0.3 is 0 Å². The van der Waals surface area contributed by atoms with Crippen LogP contribution < -0.4 is 5.73 Å². The minimum absolute atomic E-state index is 0.153. The molecule has 1 aromatic heterocycles. The Morgan fingerprint density at radius 2 is 2.00 bits per heavy atom. The molecule has 0 saturated heterocycles. The molecule has 2 N–H and O–H groups in total. The van der Waals surface area contributed by atoms with Crippen LogP contribution in [0.25, 0.3) is 0 Å². The molecular formula is C13H19N3. The van der Waals surface area contributed by atoms with Gasteiger partial charge in [0.15, 0.2) is 0 Å². The summed E-state index contributed by atoms with van der Waals surface area (Å²) in [5, 5.41) is 0. The number of nitrogen functional groups attached to an aromatic ring is 1. The average molecular weight is 217 g/mol. The van der Waals surface area contributed by atoms with Crippen molar-refractivity contribution in [3.8, 4) is 0 Å². The van der Waals surface area contributed by atoms with Crippen LogP contribution in [0.5, 0.6) is 0 Å². The first-order valence-electron chi connectivity index (χ1n) is 6.25. The molecule has 3 heteroatoms. The summed E-state index contributed by atoms with van der Waals surface area (Å²) >= 11 is 0. The molecule has 0 unspecified atom stereocenters. The van der Waals surface area contributed by atoms with Crippen LogP contribution in [-0.4, -0.2) is 9.97 Å². The minimum atomic E-state index is 0.153. The summed E-state index contributed by atoms with van der Waals surface area (Å²) < 4.78 is 0. The van der Waals surface area contributed by atoms with Crippen LogP contribution in [0.4, 0.5) is 5.82 Å². The zero-order chi connectivity index (χ0) is 11.3. The van der Waals surface area contributed by atoms with Crippen molar-refractivity contribution in [3.63, 3.8) is 0 Å². The highest BCUT2D eigenvalue weighted by molar-refractivity contribution is 5.49. The number of aryl methyl sites for hydroxylation is 1. The SMILES string of the molecule is CC1(C)CCCc2nc(C3CC3)nc(N)c21. The highest BCUT2D eigenvalue weighted by Crippen LogP contribution is 2.42. The third-order valence-electron chi connectivity index (χ3n) is 3.86. The Morgan fingerprint density at radius 1 is 1.25 bits per heavy atom. The molecule has 0 bridgehead atoms. The number of fused-ring (bicyclic) bond motifs is 1. The standard InChI is InChI=1S/C13H19N3/c1-13(2)7-3-4-9-10(13)11(14)16-12(15-9)8-5-6-8/h8H,3-7H2,1-2H3,(H2,14,15,16). The summed E-state index contributed by atoms with van der Waals surface area (Å²) in [5.74, 6) is 2.32. The van der Waals surface area contributed by atoms with E-state index in [1.165, 1.54) is 36.9 Å². The molecule has 2 aliphatic carbocycles. The van der Waals surface area contributed by atoms with E-state index < -0.39 is 0 Å². The summed E-state index contributed by atoms with van der Waals surface area (Å²) in [6, 6.07) is 0. The largest absolute Gasteiger partial charge is 0.383 e. The maximum absolute atomic E-state index is 6.13. The lowest BCUT2D eigenvalue weighted by Gasteiger charge is -2.32. The van der Waals surface area contributed by atoms with Gasteiger partial charge in [0.05, 0.1) is 0 Å². The number of nitrogens with zero attached hydrogens (tertiary/aromatic N) is 2. The number of hydrogen-bond donors (Lipinski definition) is 1. The summed E-state index contributed by atoms with van der Waals surface area (Å²) in [4.78, 5) is 9.25. The quantitative estimate of drug-likeness (QED) is 0.786. The van der Waals surface area contributed by atoms with E-state index in [4.69, 9.17) is 10.7 Å². The first kappa shape index (κ1) is 10.1. The van der Waals surface area contributed by atoms with E-state index in [1.807, 2.05) is 0 Å². The van der Waals surface area contributed by atoms with Gasteiger partial charge in [-0.1, -0.05) is 13.8 Å². The number of hydrogen-bond acceptors (Lipinski definition) is 3. The van der Waals surface area contributed by atoms with Gasteiger partial charge in [0.1, 0.15) is 11.6 Å². The smallest absolute Gasteiger partial charge is 0.134 e. The molecule has 2 aliphatic rings. The van der Waals surface area contributed by atoms with Gasteiger partial charge in [0.25, 0.3) is 0 Å². The Balaban J connectivity index is 2.12. The summed E-state index contributed by atoms with van der Waals surface area (Å²) in [7, 11) is 0. The molecule has 0 radical (unpaired) electrons. The number of aromatic nitrogens is 2. The maximum atomic E-state index is 6.13. The van der Waals surface area contributed by atoms with E-state index in [0.717, 1.165) is 18.1 Å². The van der Waals surface area contributed by atoms with E-state index in [9.17, 15) is 0 Å². The zero-order valence-corrected chi connectivity index (χ0v) is 10.1. The van der Waals surface area contributed by atoms with E-state index in [-0.39, 0.29) is 5.41 Å². The van der Waals surface area contributed by atoms with Crippen LogP contribution >= 0.6 is 0 Å². The Morgan fingerprint density at radius 3 is 2.69 bits per heavy atom. The topological polar surface area (TPSA) is 51.8 Å². The Bertz CT molecular complexity index is 433. The molecule has 1 aromatic rings. The molecule has 16 heavy (non-hydrogen) atoms. The summed E-state index contributed by atoms with van der Waals surface area (Å²) in [5.41, 5.74) is 8.71. The molecule has 1 fully saturated rings. The van der Waals surface area contributed by atoms with Crippen LogP contribution in [-0.2, 0) is 11.8 Å². The second-order valence-electron chi connectivity index (χ2n) is 5.80. The van der Waals surface area contributed by atoms with Crippen molar-refractivity contribution in [3.05, 3.63) is 17.1 Å². The Kier molecular flexibility index (Phi) is 2.00. The zero-order valence-electron chi connectivity index (χ0n) is 10.1. The lowest BCUT2D eigenvalue weighted by molar-refractivity contribution is 0.425. The molecular weight excluding hydrogens is 198 g/mol. The lowest BCUT2D eigenvalue weighted by atomic mass is 9.74. The predicted octanol–water partition coefficient (Wildman–Crippen LogP) is 2.55. The Hall–Kier alpha value is -1.12. The highest BCUT2D eigenvalue weighted by atomic mass is 15.0. The third-order valence-corrected chi connectivity index (χ3v) is 3.86. The number of rotatable bonds is 1. The van der Waals surface area contributed by atoms with Gasteiger partial charge in [-0.15, -0.1) is 0 Å². The van der Waals surface area contributed by atoms with Crippen molar-refractivity contribution in [2.75, 3.05) is 5.73 Å². The van der Waals surface area contributed by atoms with E-state index in [2.05, 4.69) is 18.8 Å². The van der Waals surface area contributed by atoms with E-state index >= 15 is 0 Å². The van der Waals surface area contributed by atoms with Gasteiger partial charge in [0, 0.05) is 17.2 Å². The van der Waals surface area contributed by atoms with Crippen molar-refractivity contribution >= 4 is 5.82 Å². The van der Waals surface area contributed by atoms with Gasteiger partial charge in [-0.05, 0) is 37.5 Å². The van der Waals surface area contributed by atoms with Crippen LogP contribution in [0, 0.1) is 0 Å². The number of nitrogens with two attached hydrogens (primary N) is 1. The molecule has 0 aromatic carbocycles. The fourth-order valence-electron chi connectivity index (χ4n) is 2.81. The predicted molar refractivity (Wildman–Crippen MR) is 64.4 cm³/mol. The first-order valence-corrected chi connectivity index (χ1v) is 6.25. The molecule has 1 saturated carbocycles. The molecule has 0 spiro atoms. The monoisotopic (exact) mass is 217 g/mol. The second kappa shape index (κ2) is 3.19. The van der Waals surface area contributed by atoms with Crippen LogP contribution in [0.1, 0.15) is 62.5 Å². The maximum Gasteiger partial charge on any atom is 0.134 e. The fraction of sp³-hybridized carbons (Fsp3) is 0.692. The van der Waals surface area contributed by atoms with Crippen molar-refractivity contribution < 1.29 is 0 Å². The third kappa shape index (κ3) is 1.49. The molecule has 86 valence electrons. The summed E-state index contributed by atoms with van der Waals surface area (Å²) in [6.07, 6.45) is 5.96. The van der Waals surface area contributed by atoms with Gasteiger partial charge in [-0.2, -0.15) is 0 Å². The van der Waals surface area contributed by atoms with Crippen molar-refractivity contribution in [1.29, 1.82) is 0 Å². The molecule has 0 amide bonds. The fourth-order valence-corrected chi connectivity index (χ4v) is 2.81. The van der Waals surface area contributed by atoms with Gasteiger partial charge in [-0.25, -0.2) is 9.97 Å². The van der Waals surface area contributed by atoms with Crippen LogP contribution in [0.2, 0.25) is 0 Å². The van der Waals surface area contributed by atoms with E-state index in [1.54, 1.807) is 0 Å². The van der Waals surface area contributed by atoms with E-state index in [0.29, 0.717) is 5.92 Å². The van der Waals surface area contributed by atoms with Crippen LogP contribution in [0.3, 0.4) is 0 Å². The molecule has 1 heterocycles. The highest BCUT2D eigenvalue weighted by Gasteiger charge is 2.34. The summed E-state index contributed by atoms with van der Waals surface area (Å²) in [6.45, 7) is 4.50. The normalized spacial score (nSPS) is 22.9. The van der Waals surface area contributed by atoms with Crippen molar-refractivity contribution in [2.45, 2.75) is 57.3 Å². The first-order chi connectivity index (χ1) is 7.58. The Labute approximate surface area is 96.5 Å². The lowest BCUT2D eigenvalue weighted by Crippen LogP contribution is -2.27. The molecule has 0 atom stereocenters. The van der Waals surface area contributed by atoms with Gasteiger partial charge in [-0.3, -0.25) is 0 Å².